The van der Waals surface area contributed by atoms with Crippen LogP contribution in [-0.2, 0) is 6.42 Å². The number of hydrogen-bond acceptors (Lipinski definition) is 2. The summed E-state index contributed by atoms with van der Waals surface area (Å²) in [5, 5.41) is 0. The van der Waals surface area contributed by atoms with Crippen LogP contribution in [0, 0.1) is 5.82 Å². The first-order valence-corrected chi connectivity index (χ1v) is 6.81. The van der Waals surface area contributed by atoms with Gasteiger partial charge in [0.2, 0.25) is 0 Å². The van der Waals surface area contributed by atoms with Crippen LogP contribution in [0.5, 0.6) is 0 Å². The van der Waals surface area contributed by atoms with E-state index in [0.717, 1.165) is 12.0 Å². The summed E-state index contributed by atoms with van der Waals surface area (Å²) in [5.74, 6) is -0.676. The molecule has 1 amide bonds. The van der Waals surface area contributed by atoms with Crippen LogP contribution in [0.25, 0.3) is 0 Å². The van der Waals surface area contributed by atoms with E-state index in [1.54, 1.807) is 11.0 Å². The fraction of sp³-hybridized carbons (Fsp3) is 0.176. The van der Waals surface area contributed by atoms with Crippen molar-refractivity contribution in [2.45, 2.75) is 6.42 Å². The van der Waals surface area contributed by atoms with Gasteiger partial charge in [-0.25, -0.2) is 4.39 Å². The maximum absolute atomic E-state index is 12.9. The van der Waals surface area contributed by atoms with Gasteiger partial charge < -0.3 is 4.90 Å². The van der Waals surface area contributed by atoms with Gasteiger partial charge in [0.25, 0.3) is 5.91 Å². The Bertz CT molecular complexity index is 694. The second-order valence-corrected chi connectivity index (χ2v) is 5.06. The average Bonchev–Trinajstić information content (AvgIpc) is 2.51. The molecule has 0 aromatic heterocycles. The molecule has 21 heavy (non-hydrogen) atoms. The molecule has 0 N–H and O–H groups in total. The maximum Gasteiger partial charge on any atom is 0.254 e. The number of amides is 1. The Morgan fingerprint density at radius 3 is 2.57 bits per heavy atom. The molecule has 0 saturated carbocycles. The van der Waals surface area contributed by atoms with Gasteiger partial charge in [-0.15, -0.1) is 0 Å². The van der Waals surface area contributed by atoms with E-state index >= 15 is 0 Å². The third-order valence-electron chi connectivity index (χ3n) is 3.69. The predicted molar refractivity (Wildman–Crippen MR) is 76.8 cm³/mol. The molecule has 3 nitrogen and oxygen atoms in total. The standard InChI is InChI=1S/C17H14FNO2/c18-14-7-5-13(6-8-14)16(20)11-19-10-9-12-3-1-2-4-15(12)17(19)21/h1-8H,9-11H2. The highest BCUT2D eigenvalue weighted by Crippen LogP contribution is 2.19. The Kier molecular flexibility index (Phi) is 3.52. The minimum atomic E-state index is -0.380. The molecule has 106 valence electrons. The molecule has 1 aliphatic heterocycles. The number of halogens is 1. The molecule has 0 aliphatic carbocycles. The van der Waals surface area contributed by atoms with Crippen molar-refractivity contribution < 1.29 is 14.0 Å². The van der Waals surface area contributed by atoms with Gasteiger partial charge in [-0.05, 0) is 42.3 Å². The number of carbonyl (C=O) groups is 2. The lowest BCUT2D eigenvalue weighted by molar-refractivity contribution is 0.0696. The van der Waals surface area contributed by atoms with E-state index in [0.29, 0.717) is 17.7 Å². The number of benzene rings is 2. The number of ketones is 1. The van der Waals surface area contributed by atoms with Gasteiger partial charge in [-0.2, -0.15) is 0 Å². The lowest BCUT2D eigenvalue weighted by Crippen LogP contribution is -2.40. The number of Topliss-reactive ketones (excluding diaryl/α,β-unsaturated/α-hetero) is 1. The van der Waals surface area contributed by atoms with E-state index in [1.165, 1.54) is 24.3 Å². The Labute approximate surface area is 122 Å². The van der Waals surface area contributed by atoms with Crippen molar-refractivity contribution in [1.29, 1.82) is 0 Å². The molecule has 2 aromatic carbocycles. The summed E-state index contributed by atoms with van der Waals surface area (Å²) >= 11 is 0. The quantitative estimate of drug-likeness (QED) is 0.812. The number of nitrogens with zero attached hydrogens (tertiary/aromatic N) is 1. The fourth-order valence-corrected chi connectivity index (χ4v) is 2.53. The van der Waals surface area contributed by atoms with Crippen LogP contribution in [0.2, 0.25) is 0 Å². The summed E-state index contributed by atoms with van der Waals surface area (Å²) in [7, 11) is 0. The molecule has 1 aliphatic rings. The van der Waals surface area contributed by atoms with Crippen molar-refractivity contribution in [3.8, 4) is 0 Å². The second-order valence-electron chi connectivity index (χ2n) is 5.06. The first kappa shape index (κ1) is 13.5. The van der Waals surface area contributed by atoms with Crippen LogP contribution in [0.4, 0.5) is 4.39 Å². The Morgan fingerprint density at radius 2 is 1.81 bits per heavy atom. The summed E-state index contributed by atoms with van der Waals surface area (Å²) in [6.45, 7) is 0.557. The third-order valence-corrected chi connectivity index (χ3v) is 3.69. The molecule has 1 heterocycles. The number of carbonyl (C=O) groups excluding carboxylic acids is 2. The summed E-state index contributed by atoms with van der Waals surface area (Å²) < 4.78 is 12.9. The Morgan fingerprint density at radius 1 is 1.10 bits per heavy atom. The van der Waals surface area contributed by atoms with Crippen LogP contribution in [0.3, 0.4) is 0 Å². The molecule has 0 atom stereocenters. The van der Waals surface area contributed by atoms with E-state index in [-0.39, 0.29) is 24.1 Å². The zero-order valence-electron chi connectivity index (χ0n) is 11.4. The maximum atomic E-state index is 12.9. The lowest BCUT2D eigenvalue weighted by Gasteiger charge is -2.27. The third kappa shape index (κ3) is 2.70. The van der Waals surface area contributed by atoms with Crippen LogP contribution in [-0.4, -0.2) is 29.7 Å². The van der Waals surface area contributed by atoms with Gasteiger partial charge in [-0.3, -0.25) is 9.59 Å². The van der Waals surface area contributed by atoms with Gasteiger partial charge in [-0.1, -0.05) is 18.2 Å². The molecule has 4 heteroatoms. The van der Waals surface area contributed by atoms with Crippen LogP contribution < -0.4 is 0 Å². The molecule has 3 rings (SSSR count). The minimum Gasteiger partial charge on any atom is -0.331 e. The summed E-state index contributed by atoms with van der Waals surface area (Å²) in [5.41, 5.74) is 2.10. The molecule has 0 saturated heterocycles. The normalized spacial score (nSPS) is 14.0. The van der Waals surface area contributed by atoms with Crippen molar-refractivity contribution >= 4 is 11.7 Å². The molecule has 0 unspecified atom stereocenters. The van der Waals surface area contributed by atoms with E-state index in [9.17, 15) is 14.0 Å². The van der Waals surface area contributed by atoms with E-state index in [1.807, 2.05) is 18.2 Å². The topological polar surface area (TPSA) is 37.4 Å². The van der Waals surface area contributed by atoms with E-state index < -0.39 is 0 Å². The molecule has 0 radical (unpaired) electrons. The van der Waals surface area contributed by atoms with Crippen molar-refractivity contribution in [3.05, 3.63) is 71.0 Å². The predicted octanol–water partition coefficient (Wildman–Crippen LogP) is 2.71. The van der Waals surface area contributed by atoms with Gasteiger partial charge in [0.1, 0.15) is 5.82 Å². The molecule has 0 bridgehead atoms. The minimum absolute atomic E-state index is 0.0266. The molecular formula is C17H14FNO2. The SMILES string of the molecule is O=C(CN1CCc2ccccc2C1=O)c1ccc(F)cc1. The van der Waals surface area contributed by atoms with Gasteiger partial charge in [0.15, 0.2) is 5.78 Å². The summed E-state index contributed by atoms with van der Waals surface area (Å²) in [6.07, 6.45) is 0.749. The van der Waals surface area contributed by atoms with Gasteiger partial charge in [0.05, 0.1) is 6.54 Å². The zero-order valence-corrected chi connectivity index (χ0v) is 11.4. The van der Waals surface area contributed by atoms with E-state index in [2.05, 4.69) is 0 Å². The summed E-state index contributed by atoms with van der Waals surface area (Å²) in [4.78, 5) is 26.1. The molecular weight excluding hydrogens is 269 g/mol. The van der Waals surface area contributed by atoms with Gasteiger partial charge in [0, 0.05) is 17.7 Å². The molecule has 0 fully saturated rings. The zero-order chi connectivity index (χ0) is 14.8. The number of hydrogen-bond donors (Lipinski definition) is 0. The highest BCUT2D eigenvalue weighted by molar-refractivity contribution is 6.03. The highest BCUT2D eigenvalue weighted by atomic mass is 19.1. The highest BCUT2D eigenvalue weighted by Gasteiger charge is 2.25. The first-order valence-electron chi connectivity index (χ1n) is 6.81. The Balaban J connectivity index is 1.76. The van der Waals surface area contributed by atoms with Crippen LogP contribution in [0.1, 0.15) is 26.3 Å². The molecule has 2 aromatic rings. The molecule has 0 spiro atoms. The van der Waals surface area contributed by atoms with E-state index in [4.69, 9.17) is 0 Å². The lowest BCUT2D eigenvalue weighted by atomic mass is 9.98. The monoisotopic (exact) mass is 283 g/mol. The van der Waals surface area contributed by atoms with Crippen molar-refractivity contribution in [2.24, 2.45) is 0 Å². The largest absolute Gasteiger partial charge is 0.331 e. The second kappa shape index (κ2) is 5.48. The first-order chi connectivity index (χ1) is 10.1. The summed E-state index contributed by atoms with van der Waals surface area (Å²) in [6, 6.07) is 12.8. The fourth-order valence-electron chi connectivity index (χ4n) is 2.53. The van der Waals surface area contributed by atoms with Crippen LogP contribution >= 0.6 is 0 Å². The van der Waals surface area contributed by atoms with Crippen LogP contribution in [0.15, 0.2) is 48.5 Å². The smallest absolute Gasteiger partial charge is 0.254 e. The van der Waals surface area contributed by atoms with Crippen molar-refractivity contribution in [2.75, 3.05) is 13.1 Å². The number of rotatable bonds is 3. The van der Waals surface area contributed by atoms with Crippen molar-refractivity contribution in [3.63, 3.8) is 0 Å². The number of fused-ring (bicyclic) bond motifs is 1. The average molecular weight is 283 g/mol. The van der Waals surface area contributed by atoms with Crippen molar-refractivity contribution in [1.82, 2.24) is 4.90 Å². The van der Waals surface area contributed by atoms with Gasteiger partial charge >= 0.3 is 0 Å². The Hall–Kier alpha value is -2.49.